The number of pyridine rings is 1. The highest BCUT2D eigenvalue weighted by atomic mass is 32.2. The Hall–Kier alpha value is -3.33. The minimum atomic E-state index is -4.11. The summed E-state index contributed by atoms with van der Waals surface area (Å²) in [6, 6.07) is 12.0. The number of amides is 1. The van der Waals surface area contributed by atoms with Crippen LogP contribution in [0.5, 0.6) is 0 Å². The van der Waals surface area contributed by atoms with Gasteiger partial charge in [0.05, 0.1) is 11.4 Å². The molecular weight excluding hydrogens is 400 g/mol. The average molecular weight is 417 g/mol. The van der Waals surface area contributed by atoms with Crippen molar-refractivity contribution in [2.24, 2.45) is 0 Å². The molecule has 0 saturated carbocycles. The van der Waals surface area contributed by atoms with Crippen molar-refractivity contribution >= 4 is 27.3 Å². The first kappa shape index (κ1) is 20.4. The lowest BCUT2D eigenvalue weighted by atomic mass is 10.2. The minimum Gasteiger partial charge on any atom is -0.322 e. The summed E-state index contributed by atoms with van der Waals surface area (Å²) in [7, 11) is -4.11. The molecule has 150 valence electrons. The molecule has 0 radical (unpaired) electrons. The predicted molar refractivity (Wildman–Crippen MR) is 105 cm³/mol. The Morgan fingerprint density at radius 2 is 1.83 bits per heavy atom. The van der Waals surface area contributed by atoms with Crippen LogP contribution in [0.1, 0.15) is 5.56 Å². The maximum Gasteiger partial charge on any atom is 0.266 e. The Morgan fingerprint density at radius 3 is 2.45 bits per heavy atom. The van der Waals surface area contributed by atoms with E-state index in [0.717, 1.165) is 22.0 Å². The van der Waals surface area contributed by atoms with Crippen molar-refractivity contribution in [3.63, 3.8) is 0 Å². The first-order valence-corrected chi connectivity index (χ1v) is 9.96. The van der Waals surface area contributed by atoms with Gasteiger partial charge >= 0.3 is 0 Å². The van der Waals surface area contributed by atoms with Gasteiger partial charge in [0.25, 0.3) is 10.0 Å². The third-order valence-corrected chi connectivity index (χ3v) is 5.79. The van der Waals surface area contributed by atoms with Gasteiger partial charge in [-0.25, -0.2) is 17.2 Å². The van der Waals surface area contributed by atoms with Gasteiger partial charge in [-0.15, -0.1) is 0 Å². The smallest absolute Gasteiger partial charge is 0.266 e. The van der Waals surface area contributed by atoms with Crippen molar-refractivity contribution in [1.82, 2.24) is 4.98 Å². The lowest BCUT2D eigenvalue weighted by molar-refractivity contribution is -0.114. The van der Waals surface area contributed by atoms with Crippen LogP contribution in [0.2, 0.25) is 0 Å². The summed E-state index contributed by atoms with van der Waals surface area (Å²) in [6.45, 7) is 1.23. The number of hydrogen-bond acceptors (Lipinski definition) is 4. The number of rotatable bonds is 6. The topological polar surface area (TPSA) is 79.4 Å². The van der Waals surface area contributed by atoms with Gasteiger partial charge < -0.3 is 5.32 Å². The summed E-state index contributed by atoms with van der Waals surface area (Å²) in [5, 5.41) is 2.27. The maximum atomic E-state index is 13.8. The molecule has 3 rings (SSSR count). The molecule has 0 aliphatic rings. The molecule has 2 aromatic carbocycles. The van der Waals surface area contributed by atoms with E-state index in [1.807, 2.05) is 6.92 Å². The average Bonchev–Trinajstić information content (AvgIpc) is 2.70. The molecule has 0 atom stereocenters. The number of carbonyl (C=O) groups excluding carboxylic acids is 1. The quantitative estimate of drug-likeness (QED) is 0.666. The second-order valence-electron chi connectivity index (χ2n) is 6.21. The van der Waals surface area contributed by atoms with Gasteiger partial charge in [-0.2, -0.15) is 0 Å². The van der Waals surface area contributed by atoms with Crippen molar-refractivity contribution in [2.45, 2.75) is 11.8 Å². The van der Waals surface area contributed by atoms with Crippen LogP contribution in [-0.4, -0.2) is 25.9 Å². The van der Waals surface area contributed by atoms with Gasteiger partial charge in [0.15, 0.2) is 0 Å². The fourth-order valence-corrected chi connectivity index (χ4v) is 3.95. The van der Waals surface area contributed by atoms with Crippen molar-refractivity contribution in [3.8, 4) is 0 Å². The monoisotopic (exact) mass is 417 g/mol. The van der Waals surface area contributed by atoms with E-state index in [2.05, 4.69) is 10.3 Å². The number of carbonyl (C=O) groups is 1. The molecule has 1 aromatic heterocycles. The summed E-state index contributed by atoms with van der Waals surface area (Å²) in [6.07, 6.45) is 2.60. The molecular formula is C20H17F2N3O3S. The number of nitrogens with one attached hydrogen (secondary N) is 1. The Bertz CT molecular complexity index is 1120. The third kappa shape index (κ3) is 4.75. The second-order valence-corrected chi connectivity index (χ2v) is 8.07. The van der Waals surface area contributed by atoms with Crippen molar-refractivity contribution in [2.75, 3.05) is 16.2 Å². The van der Waals surface area contributed by atoms with E-state index in [-0.39, 0.29) is 16.3 Å². The van der Waals surface area contributed by atoms with Crippen molar-refractivity contribution in [3.05, 3.63) is 84.2 Å². The maximum absolute atomic E-state index is 13.8. The zero-order chi connectivity index (χ0) is 21.0. The third-order valence-electron chi connectivity index (χ3n) is 4.04. The van der Waals surface area contributed by atoms with Crippen LogP contribution in [0.3, 0.4) is 0 Å². The number of nitrogens with zero attached hydrogens (tertiary/aromatic N) is 2. The first-order valence-electron chi connectivity index (χ1n) is 8.52. The first-order chi connectivity index (χ1) is 13.8. The Kier molecular flexibility index (Phi) is 5.88. The number of sulfonamides is 1. The largest absolute Gasteiger partial charge is 0.322 e. The van der Waals surface area contributed by atoms with E-state index >= 15 is 0 Å². The highest BCUT2D eigenvalue weighted by Crippen LogP contribution is 2.24. The molecule has 3 aromatic rings. The van der Waals surface area contributed by atoms with Crippen LogP contribution < -0.4 is 9.62 Å². The molecule has 1 N–H and O–H groups in total. The summed E-state index contributed by atoms with van der Waals surface area (Å²) in [5.74, 6) is -2.54. The predicted octanol–water partition coefficient (Wildman–Crippen LogP) is 3.50. The molecule has 0 fully saturated rings. The summed E-state index contributed by atoms with van der Waals surface area (Å²) < 4.78 is 54.0. The highest BCUT2D eigenvalue weighted by molar-refractivity contribution is 7.92. The summed E-state index contributed by atoms with van der Waals surface area (Å²) >= 11 is 0. The molecule has 0 saturated heterocycles. The highest BCUT2D eigenvalue weighted by Gasteiger charge is 2.27. The van der Waals surface area contributed by atoms with Crippen molar-refractivity contribution in [1.29, 1.82) is 0 Å². The van der Waals surface area contributed by atoms with Crippen LogP contribution in [0.25, 0.3) is 0 Å². The van der Waals surface area contributed by atoms with Gasteiger partial charge in [-0.1, -0.05) is 17.7 Å². The Labute approximate surface area is 166 Å². The van der Waals surface area contributed by atoms with Crippen LogP contribution in [0, 0.1) is 18.6 Å². The number of aromatic nitrogens is 1. The zero-order valence-corrected chi connectivity index (χ0v) is 16.2. The minimum absolute atomic E-state index is 0.0960. The van der Waals surface area contributed by atoms with E-state index in [1.165, 1.54) is 24.5 Å². The standard InChI is InChI=1S/C20H17F2N3O3S/c1-14-4-7-16(8-5-14)25(29(27,28)17-3-2-10-23-12-17)13-20(26)24-19-9-6-15(21)11-18(19)22/h2-12H,13H2,1H3,(H,24,26). The number of hydrogen-bond donors (Lipinski definition) is 1. The molecule has 29 heavy (non-hydrogen) atoms. The van der Waals surface area contributed by atoms with Crippen LogP contribution >= 0.6 is 0 Å². The molecule has 0 unspecified atom stereocenters. The molecule has 9 heteroatoms. The molecule has 0 aliphatic heterocycles. The normalized spacial score (nSPS) is 11.1. The zero-order valence-electron chi connectivity index (χ0n) is 15.3. The van der Waals surface area contributed by atoms with E-state index in [0.29, 0.717) is 6.07 Å². The number of halogens is 2. The Morgan fingerprint density at radius 1 is 1.10 bits per heavy atom. The molecule has 1 heterocycles. The SMILES string of the molecule is Cc1ccc(N(CC(=O)Nc2ccc(F)cc2F)S(=O)(=O)c2cccnc2)cc1. The lowest BCUT2D eigenvalue weighted by Crippen LogP contribution is -2.38. The van der Waals surface area contributed by atoms with Gasteiger partial charge in [-0.3, -0.25) is 14.1 Å². The van der Waals surface area contributed by atoms with Crippen LogP contribution in [0.4, 0.5) is 20.2 Å². The van der Waals surface area contributed by atoms with Gasteiger partial charge in [-0.05, 0) is 43.3 Å². The molecule has 0 aliphatic carbocycles. The summed E-state index contributed by atoms with van der Waals surface area (Å²) in [4.78, 5) is 16.2. The van der Waals surface area contributed by atoms with Crippen molar-refractivity contribution < 1.29 is 22.0 Å². The van der Waals surface area contributed by atoms with E-state index < -0.39 is 34.1 Å². The molecule has 1 amide bonds. The van der Waals surface area contributed by atoms with Crippen LogP contribution in [0.15, 0.2) is 71.9 Å². The van der Waals surface area contributed by atoms with E-state index in [9.17, 15) is 22.0 Å². The second kappa shape index (κ2) is 8.36. The van der Waals surface area contributed by atoms with Gasteiger partial charge in [0, 0.05) is 18.5 Å². The lowest BCUT2D eigenvalue weighted by Gasteiger charge is -2.24. The number of aryl methyl sites for hydroxylation is 1. The Balaban J connectivity index is 1.93. The van der Waals surface area contributed by atoms with Gasteiger partial charge in [0.1, 0.15) is 23.1 Å². The molecule has 0 spiro atoms. The molecule has 0 bridgehead atoms. The fourth-order valence-electron chi connectivity index (χ4n) is 2.56. The van der Waals surface area contributed by atoms with E-state index in [4.69, 9.17) is 0 Å². The summed E-state index contributed by atoms with van der Waals surface area (Å²) in [5.41, 5.74) is 0.915. The van der Waals surface area contributed by atoms with Crippen LogP contribution in [-0.2, 0) is 14.8 Å². The molecule has 6 nitrogen and oxygen atoms in total. The number of anilines is 2. The van der Waals surface area contributed by atoms with E-state index in [1.54, 1.807) is 24.3 Å². The van der Waals surface area contributed by atoms with Gasteiger partial charge in [0.2, 0.25) is 5.91 Å². The number of benzene rings is 2. The fraction of sp³-hybridized carbons (Fsp3) is 0.100.